The Morgan fingerprint density at radius 2 is 2.19 bits per heavy atom. The molecule has 0 aliphatic heterocycles. The summed E-state index contributed by atoms with van der Waals surface area (Å²) in [5.41, 5.74) is 0.660. The third kappa shape index (κ3) is 2.03. The van der Waals surface area contributed by atoms with Gasteiger partial charge < -0.3 is 9.32 Å². The van der Waals surface area contributed by atoms with Crippen molar-refractivity contribution in [2.24, 2.45) is 5.92 Å². The van der Waals surface area contributed by atoms with E-state index in [4.69, 9.17) is 4.42 Å². The Kier molecular flexibility index (Phi) is 2.54. The largest absolute Gasteiger partial charge is 0.457 e. The number of furan rings is 1. The van der Waals surface area contributed by atoms with Crippen LogP contribution >= 0.6 is 15.9 Å². The second-order valence-corrected chi connectivity index (χ2v) is 5.46. The molecule has 0 saturated heterocycles. The van der Waals surface area contributed by atoms with Crippen molar-refractivity contribution >= 4 is 21.8 Å². The first kappa shape index (κ1) is 10.4. The van der Waals surface area contributed by atoms with Crippen molar-refractivity contribution in [1.29, 1.82) is 0 Å². The quantitative estimate of drug-likeness (QED) is 0.851. The molecule has 86 valence electrons. The molecule has 0 spiro atoms. The van der Waals surface area contributed by atoms with Crippen molar-refractivity contribution in [2.75, 3.05) is 6.54 Å². The Bertz CT molecular complexity index is 407. The Balaban J connectivity index is 1.77. The molecular weight excluding hydrogens is 270 g/mol. The lowest BCUT2D eigenvalue weighted by Gasteiger charge is -2.21. The molecule has 0 N–H and O–H groups in total. The molecule has 0 radical (unpaired) electrons. The second-order valence-electron chi connectivity index (χ2n) is 4.74. The molecule has 1 heterocycles. The van der Waals surface area contributed by atoms with Crippen LogP contribution in [0, 0.1) is 5.92 Å². The average molecular weight is 284 g/mol. The predicted octanol–water partition coefficient (Wildman–Crippen LogP) is 3.06. The third-order valence-corrected chi connectivity index (χ3v) is 3.86. The van der Waals surface area contributed by atoms with Crippen molar-refractivity contribution in [3.63, 3.8) is 0 Å². The number of hydrogen-bond donors (Lipinski definition) is 0. The van der Waals surface area contributed by atoms with E-state index in [1.807, 2.05) is 4.90 Å². The van der Waals surface area contributed by atoms with Crippen LogP contribution in [0.3, 0.4) is 0 Å². The Morgan fingerprint density at radius 1 is 1.44 bits per heavy atom. The van der Waals surface area contributed by atoms with Gasteiger partial charge in [-0.25, -0.2) is 0 Å². The number of amides is 1. The standard InChI is InChI=1S/C12H14BrNO2/c13-11-10(5-6-16-11)12(15)14(9-3-4-9)7-8-1-2-8/h5-6,8-9H,1-4,7H2. The zero-order valence-corrected chi connectivity index (χ0v) is 10.6. The average Bonchev–Trinajstić information content (AvgIpc) is 3.14. The van der Waals surface area contributed by atoms with Crippen LogP contribution in [0.2, 0.25) is 0 Å². The van der Waals surface area contributed by atoms with Crippen LogP contribution in [0.4, 0.5) is 0 Å². The molecule has 0 unspecified atom stereocenters. The number of carbonyl (C=O) groups excluding carboxylic acids is 1. The van der Waals surface area contributed by atoms with Gasteiger partial charge in [0.05, 0.1) is 11.8 Å². The zero-order chi connectivity index (χ0) is 11.1. The highest BCUT2D eigenvalue weighted by atomic mass is 79.9. The molecular formula is C12H14BrNO2. The van der Waals surface area contributed by atoms with Crippen LogP contribution in [0.1, 0.15) is 36.0 Å². The summed E-state index contributed by atoms with van der Waals surface area (Å²) < 4.78 is 5.68. The molecule has 2 fully saturated rings. The fraction of sp³-hybridized carbons (Fsp3) is 0.583. The van der Waals surface area contributed by atoms with Gasteiger partial charge in [-0.1, -0.05) is 0 Å². The minimum atomic E-state index is 0.120. The lowest BCUT2D eigenvalue weighted by atomic mass is 10.2. The maximum atomic E-state index is 12.3. The number of halogens is 1. The monoisotopic (exact) mass is 283 g/mol. The van der Waals surface area contributed by atoms with Gasteiger partial charge in [-0.2, -0.15) is 0 Å². The van der Waals surface area contributed by atoms with Crippen LogP contribution in [-0.2, 0) is 0 Å². The van der Waals surface area contributed by atoms with Gasteiger partial charge >= 0.3 is 0 Å². The molecule has 2 aliphatic carbocycles. The first-order valence-electron chi connectivity index (χ1n) is 5.79. The normalized spacial score (nSPS) is 19.8. The highest BCUT2D eigenvalue weighted by molar-refractivity contribution is 9.10. The lowest BCUT2D eigenvalue weighted by Crippen LogP contribution is -2.34. The summed E-state index contributed by atoms with van der Waals surface area (Å²) in [5.74, 6) is 0.866. The summed E-state index contributed by atoms with van der Waals surface area (Å²) in [5, 5.41) is 0. The van der Waals surface area contributed by atoms with E-state index in [0.29, 0.717) is 16.3 Å². The van der Waals surface area contributed by atoms with E-state index in [-0.39, 0.29) is 5.91 Å². The smallest absolute Gasteiger partial charge is 0.258 e. The molecule has 16 heavy (non-hydrogen) atoms. The second kappa shape index (κ2) is 3.91. The number of rotatable bonds is 4. The van der Waals surface area contributed by atoms with Crippen molar-refractivity contribution < 1.29 is 9.21 Å². The van der Waals surface area contributed by atoms with Gasteiger partial charge in [0.15, 0.2) is 4.67 Å². The molecule has 0 bridgehead atoms. The van der Waals surface area contributed by atoms with Crippen molar-refractivity contribution in [2.45, 2.75) is 31.7 Å². The van der Waals surface area contributed by atoms with Crippen molar-refractivity contribution in [3.8, 4) is 0 Å². The SMILES string of the molecule is O=C(c1ccoc1Br)N(CC1CC1)C1CC1. The van der Waals surface area contributed by atoms with E-state index < -0.39 is 0 Å². The fourth-order valence-electron chi connectivity index (χ4n) is 1.96. The van der Waals surface area contributed by atoms with E-state index in [1.165, 1.54) is 12.8 Å². The molecule has 0 atom stereocenters. The highest BCUT2D eigenvalue weighted by Gasteiger charge is 2.37. The summed E-state index contributed by atoms with van der Waals surface area (Å²) in [6.07, 6.45) is 6.44. The lowest BCUT2D eigenvalue weighted by molar-refractivity contribution is 0.0733. The molecule has 2 aliphatic rings. The van der Waals surface area contributed by atoms with Gasteiger partial charge in [0.25, 0.3) is 5.91 Å². The maximum Gasteiger partial charge on any atom is 0.258 e. The van der Waals surface area contributed by atoms with Crippen LogP contribution < -0.4 is 0 Å². The Labute approximate surface area is 103 Å². The number of carbonyl (C=O) groups is 1. The van der Waals surface area contributed by atoms with E-state index >= 15 is 0 Å². The van der Waals surface area contributed by atoms with Gasteiger partial charge in [0.2, 0.25) is 0 Å². The van der Waals surface area contributed by atoms with Crippen LogP contribution in [0.25, 0.3) is 0 Å². The van der Waals surface area contributed by atoms with Gasteiger partial charge in [-0.15, -0.1) is 0 Å². The minimum Gasteiger partial charge on any atom is -0.457 e. The molecule has 1 aromatic rings. The summed E-state index contributed by atoms with van der Waals surface area (Å²) in [7, 11) is 0. The molecule has 3 nitrogen and oxygen atoms in total. The zero-order valence-electron chi connectivity index (χ0n) is 8.99. The maximum absolute atomic E-state index is 12.3. The topological polar surface area (TPSA) is 33.5 Å². The Hall–Kier alpha value is -0.770. The van der Waals surface area contributed by atoms with E-state index in [1.54, 1.807) is 12.3 Å². The van der Waals surface area contributed by atoms with Crippen molar-refractivity contribution in [1.82, 2.24) is 4.90 Å². The minimum absolute atomic E-state index is 0.120. The number of hydrogen-bond acceptors (Lipinski definition) is 2. The fourth-order valence-corrected chi connectivity index (χ4v) is 2.37. The third-order valence-electron chi connectivity index (χ3n) is 3.25. The van der Waals surface area contributed by atoms with Crippen LogP contribution in [0.15, 0.2) is 21.4 Å². The predicted molar refractivity (Wildman–Crippen MR) is 63.2 cm³/mol. The summed E-state index contributed by atoms with van der Waals surface area (Å²) in [6.45, 7) is 0.932. The summed E-state index contributed by atoms with van der Waals surface area (Å²) >= 11 is 3.27. The van der Waals surface area contributed by atoms with Gasteiger partial charge in [0, 0.05) is 12.6 Å². The van der Waals surface area contributed by atoms with Crippen LogP contribution in [-0.4, -0.2) is 23.4 Å². The highest BCUT2D eigenvalue weighted by Crippen LogP contribution is 2.36. The Morgan fingerprint density at radius 3 is 2.69 bits per heavy atom. The van der Waals surface area contributed by atoms with Gasteiger partial charge in [-0.3, -0.25) is 4.79 Å². The molecule has 2 saturated carbocycles. The van der Waals surface area contributed by atoms with Crippen LogP contribution in [0.5, 0.6) is 0 Å². The van der Waals surface area contributed by atoms with Gasteiger partial charge in [-0.05, 0) is 53.6 Å². The van der Waals surface area contributed by atoms with E-state index in [9.17, 15) is 4.79 Å². The molecule has 4 heteroatoms. The molecule has 0 aromatic carbocycles. The van der Waals surface area contributed by atoms with Gasteiger partial charge in [0.1, 0.15) is 0 Å². The summed E-state index contributed by atoms with van der Waals surface area (Å²) in [4.78, 5) is 14.3. The molecule has 1 aromatic heterocycles. The van der Waals surface area contributed by atoms with E-state index in [0.717, 1.165) is 25.3 Å². The first-order valence-corrected chi connectivity index (χ1v) is 6.59. The summed E-state index contributed by atoms with van der Waals surface area (Å²) in [6, 6.07) is 2.23. The molecule has 1 amide bonds. The van der Waals surface area contributed by atoms with Crippen molar-refractivity contribution in [3.05, 3.63) is 22.6 Å². The first-order chi connectivity index (χ1) is 7.75. The van der Waals surface area contributed by atoms with E-state index in [2.05, 4.69) is 15.9 Å². The molecule has 3 rings (SSSR count). The number of nitrogens with zero attached hydrogens (tertiary/aromatic N) is 1.